The van der Waals surface area contributed by atoms with E-state index in [1.807, 2.05) is 0 Å². The molecule has 1 aromatic rings. The Morgan fingerprint density at radius 2 is 1.89 bits per heavy atom. The minimum absolute atomic E-state index is 0.101. The van der Waals surface area contributed by atoms with Crippen LogP contribution < -0.4 is 11.1 Å². The number of anilines is 1. The average Bonchev–Trinajstić information content (AvgIpc) is 2.32. The summed E-state index contributed by atoms with van der Waals surface area (Å²) in [5.41, 5.74) is 5.21. The Labute approximate surface area is 103 Å². The zero-order chi connectivity index (χ0) is 13.7. The molecular weight excluding hydrogens is 245 g/mol. The number of nitrogens with two attached hydrogens (primary N) is 1. The highest BCUT2D eigenvalue weighted by molar-refractivity contribution is 5.92. The number of hydrogen-bond acceptors (Lipinski definition) is 2. The Hall–Kier alpha value is -1.56. The summed E-state index contributed by atoms with van der Waals surface area (Å²) in [5.74, 6) is -4.93. The van der Waals surface area contributed by atoms with Gasteiger partial charge in [0, 0.05) is 23.7 Å². The number of carbonyl (C=O) groups excluding carboxylic acids is 1. The maximum atomic E-state index is 12.9. The van der Waals surface area contributed by atoms with Crippen LogP contribution in [0.3, 0.4) is 0 Å². The molecule has 18 heavy (non-hydrogen) atoms. The molecule has 1 amide bonds. The van der Waals surface area contributed by atoms with Crippen molar-refractivity contribution in [1.82, 2.24) is 0 Å². The minimum Gasteiger partial charge on any atom is -0.330 e. The smallest absolute Gasteiger partial charge is 0.227 e. The van der Waals surface area contributed by atoms with Crippen LogP contribution >= 0.6 is 0 Å². The van der Waals surface area contributed by atoms with Gasteiger partial charge in [-0.25, -0.2) is 13.2 Å². The first-order valence-corrected chi connectivity index (χ1v) is 5.61. The Morgan fingerprint density at radius 3 is 2.39 bits per heavy atom. The third kappa shape index (κ3) is 3.73. The predicted molar refractivity (Wildman–Crippen MR) is 62.4 cm³/mol. The normalized spacial score (nSPS) is 12.3. The van der Waals surface area contributed by atoms with E-state index in [1.165, 1.54) is 0 Å². The maximum absolute atomic E-state index is 12.9. The fraction of sp³-hybridized carbons (Fsp3) is 0.417. The number of rotatable bonds is 5. The van der Waals surface area contributed by atoms with Crippen LogP contribution in [0.1, 0.15) is 19.8 Å². The summed E-state index contributed by atoms with van der Waals surface area (Å²) in [6, 6.07) is 1.48. The van der Waals surface area contributed by atoms with Crippen LogP contribution in [-0.2, 0) is 4.79 Å². The molecule has 1 rings (SSSR count). The fourth-order valence-electron chi connectivity index (χ4n) is 1.45. The first-order chi connectivity index (χ1) is 8.45. The quantitative estimate of drug-likeness (QED) is 0.799. The van der Waals surface area contributed by atoms with E-state index >= 15 is 0 Å². The molecule has 3 nitrogen and oxygen atoms in total. The third-order valence-electron chi connectivity index (χ3n) is 2.54. The van der Waals surface area contributed by atoms with E-state index in [9.17, 15) is 18.0 Å². The van der Waals surface area contributed by atoms with E-state index in [4.69, 9.17) is 5.73 Å². The lowest BCUT2D eigenvalue weighted by atomic mass is 10.0. The molecule has 0 radical (unpaired) electrons. The second-order valence-corrected chi connectivity index (χ2v) is 4.08. The van der Waals surface area contributed by atoms with Crippen LogP contribution in [-0.4, -0.2) is 12.5 Å². The monoisotopic (exact) mass is 260 g/mol. The van der Waals surface area contributed by atoms with Crippen molar-refractivity contribution in [3.8, 4) is 0 Å². The summed E-state index contributed by atoms with van der Waals surface area (Å²) >= 11 is 0. The first-order valence-electron chi connectivity index (χ1n) is 5.61. The van der Waals surface area contributed by atoms with Gasteiger partial charge in [0.1, 0.15) is 0 Å². The van der Waals surface area contributed by atoms with E-state index in [-0.39, 0.29) is 17.5 Å². The molecule has 0 heterocycles. The van der Waals surface area contributed by atoms with Gasteiger partial charge in [-0.3, -0.25) is 4.79 Å². The molecule has 0 bridgehead atoms. The van der Waals surface area contributed by atoms with Gasteiger partial charge < -0.3 is 11.1 Å². The highest BCUT2D eigenvalue weighted by Gasteiger charge is 2.15. The average molecular weight is 260 g/mol. The fourth-order valence-corrected chi connectivity index (χ4v) is 1.45. The van der Waals surface area contributed by atoms with Gasteiger partial charge in [-0.2, -0.15) is 0 Å². The summed E-state index contributed by atoms with van der Waals surface area (Å²) in [6.45, 7) is 2.15. The van der Waals surface area contributed by atoms with Crippen LogP contribution in [0.4, 0.5) is 18.9 Å². The van der Waals surface area contributed by atoms with Gasteiger partial charge in [0.2, 0.25) is 5.91 Å². The van der Waals surface area contributed by atoms with Crippen LogP contribution in [0.2, 0.25) is 0 Å². The van der Waals surface area contributed by atoms with Gasteiger partial charge in [0.05, 0.1) is 0 Å². The van der Waals surface area contributed by atoms with E-state index in [2.05, 4.69) is 5.32 Å². The summed E-state index contributed by atoms with van der Waals surface area (Å²) in [4.78, 5) is 11.6. The van der Waals surface area contributed by atoms with Gasteiger partial charge in [-0.1, -0.05) is 6.92 Å². The van der Waals surface area contributed by atoms with Crippen molar-refractivity contribution >= 4 is 11.6 Å². The Morgan fingerprint density at radius 1 is 1.33 bits per heavy atom. The molecule has 0 aliphatic carbocycles. The van der Waals surface area contributed by atoms with E-state index < -0.39 is 17.5 Å². The van der Waals surface area contributed by atoms with Gasteiger partial charge >= 0.3 is 0 Å². The van der Waals surface area contributed by atoms with E-state index in [1.54, 1.807) is 6.92 Å². The van der Waals surface area contributed by atoms with E-state index in [0.717, 1.165) is 12.1 Å². The summed E-state index contributed by atoms with van der Waals surface area (Å²) in [7, 11) is 0. The second kappa shape index (κ2) is 6.39. The molecular formula is C12H15F3N2O. The van der Waals surface area contributed by atoms with Gasteiger partial charge in [-0.05, 0) is 19.4 Å². The molecule has 100 valence electrons. The summed E-state index contributed by atoms with van der Waals surface area (Å²) in [5, 5.41) is 2.33. The van der Waals surface area contributed by atoms with Crippen LogP contribution in [0, 0.1) is 23.4 Å². The number of nitrogens with one attached hydrogen (secondary N) is 1. The topological polar surface area (TPSA) is 55.1 Å². The van der Waals surface area contributed by atoms with Crippen molar-refractivity contribution in [3.05, 3.63) is 29.6 Å². The van der Waals surface area contributed by atoms with E-state index in [0.29, 0.717) is 19.4 Å². The SMILES string of the molecule is CC(CCCN)C(=O)Nc1cc(F)c(F)c(F)c1. The van der Waals surface area contributed by atoms with Crippen molar-refractivity contribution in [2.45, 2.75) is 19.8 Å². The standard InChI is InChI=1S/C12H15F3N2O/c1-7(3-2-4-16)12(18)17-8-5-9(13)11(15)10(14)6-8/h5-7H,2-4,16H2,1H3,(H,17,18). The van der Waals surface area contributed by atoms with Gasteiger partial charge in [-0.15, -0.1) is 0 Å². The molecule has 1 unspecified atom stereocenters. The molecule has 1 atom stereocenters. The molecule has 1 aromatic carbocycles. The van der Waals surface area contributed by atoms with Gasteiger partial charge in [0.15, 0.2) is 17.5 Å². The van der Waals surface area contributed by atoms with Crippen molar-refractivity contribution in [1.29, 1.82) is 0 Å². The number of hydrogen-bond donors (Lipinski definition) is 2. The zero-order valence-corrected chi connectivity index (χ0v) is 9.97. The van der Waals surface area contributed by atoms with Crippen LogP contribution in [0.25, 0.3) is 0 Å². The molecule has 0 aromatic heterocycles. The lowest BCUT2D eigenvalue weighted by molar-refractivity contribution is -0.119. The molecule has 0 saturated heterocycles. The van der Waals surface area contributed by atoms with Crippen molar-refractivity contribution in [3.63, 3.8) is 0 Å². The third-order valence-corrected chi connectivity index (χ3v) is 2.54. The number of amides is 1. The Kier molecular flexibility index (Phi) is 5.15. The molecule has 0 aliphatic rings. The second-order valence-electron chi connectivity index (χ2n) is 4.08. The highest BCUT2D eigenvalue weighted by atomic mass is 19.2. The number of carbonyl (C=O) groups is 1. The lowest BCUT2D eigenvalue weighted by Crippen LogP contribution is -2.21. The lowest BCUT2D eigenvalue weighted by Gasteiger charge is -2.12. The molecule has 3 N–H and O–H groups in total. The van der Waals surface area contributed by atoms with Crippen LogP contribution in [0.15, 0.2) is 12.1 Å². The van der Waals surface area contributed by atoms with Crippen molar-refractivity contribution in [2.75, 3.05) is 11.9 Å². The van der Waals surface area contributed by atoms with Crippen molar-refractivity contribution < 1.29 is 18.0 Å². The molecule has 0 saturated carbocycles. The molecule has 0 spiro atoms. The van der Waals surface area contributed by atoms with Crippen LogP contribution in [0.5, 0.6) is 0 Å². The summed E-state index contributed by atoms with van der Waals surface area (Å²) in [6.07, 6.45) is 1.26. The number of benzene rings is 1. The zero-order valence-electron chi connectivity index (χ0n) is 9.97. The largest absolute Gasteiger partial charge is 0.330 e. The Bertz CT molecular complexity index is 414. The van der Waals surface area contributed by atoms with Crippen molar-refractivity contribution in [2.24, 2.45) is 11.7 Å². The summed E-state index contributed by atoms with van der Waals surface area (Å²) < 4.78 is 38.5. The molecule has 0 aliphatic heterocycles. The van der Waals surface area contributed by atoms with Gasteiger partial charge in [0.25, 0.3) is 0 Å². The minimum atomic E-state index is -1.55. The predicted octanol–water partition coefficient (Wildman–Crippen LogP) is 2.42. The first kappa shape index (κ1) is 14.5. The molecule has 6 heteroatoms. The maximum Gasteiger partial charge on any atom is 0.227 e. The number of halogens is 3. The Balaban J connectivity index is 2.70. The molecule has 0 fully saturated rings. The highest BCUT2D eigenvalue weighted by Crippen LogP contribution is 2.18.